The summed E-state index contributed by atoms with van der Waals surface area (Å²) in [5.74, 6) is 0.264. The fourth-order valence-corrected chi connectivity index (χ4v) is 6.98. The zero-order valence-corrected chi connectivity index (χ0v) is 26.3. The number of nitrogens with two attached hydrogens (primary N) is 2. The number of pyridine rings is 1. The van der Waals surface area contributed by atoms with Gasteiger partial charge < -0.3 is 15.5 Å². The van der Waals surface area contributed by atoms with Crippen LogP contribution in [0.5, 0.6) is 0 Å². The summed E-state index contributed by atoms with van der Waals surface area (Å²) >= 11 is 0. The molecular formula is C35H37FN9O2+. The summed E-state index contributed by atoms with van der Waals surface area (Å²) in [6, 6.07) is 15.0. The zero-order valence-electron chi connectivity index (χ0n) is 26.3. The Morgan fingerprint density at radius 1 is 1.04 bits per heavy atom. The molecule has 12 heteroatoms. The lowest BCUT2D eigenvalue weighted by Gasteiger charge is -2.29. The second-order valence-electron chi connectivity index (χ2n) is 12.6. The number of hydrogen-bond donors (Lipinski definition) is 2. The standard InChI is InChI=1S/C35H36FN9O2/c1-42-22-40-33(41-42)25-4-2-23(3-5-25)24-9-14-44(15-10-24)31(46)20-43-16-11-35(21-43)12-17-45(34(35)47)26-6-7-30(37)28(18-26)32(38)27-8-13-39-19-29(27)36/h2-9,13,18-19,22,38H,10-12,14-17,20-21,37H2,1H3/p+1/t35-/m0/s1. The number of nitrogen functional groups attached to an aromatic ring is 1. The van der Waals surface area contributed by atoms with Gasteiger partial charge in [-0.1, -0.05) is 30.3 Å². The van der Waals surface area contributed by atoms with Gasteiger partial charge >= 0.3 is 0 Å². The normalized spacial score (nSPS) is 19.9. The van der Waals surface area contributed by atoms with Gasteiger partial charge in [-0.15, -0.1) is 0 Å². The minimum absolute atomic E-state index is 0.0345. The Bertz CT molecular complexity index is 1900. The van der Waals surface area contributed by atoms with Crippen LogP contribution in [0.25, 0.3) is 17.0 Å². The third-order valence-corrected chi connectivity index (χ3v) is 9.68. The predicted molar refractivity (Wildman–Crippen MR) is 176 cm³/mol. The maximum Gasteiger partial charge on any atom is 0.237 e. The summed E-state index contributed by atoms with van der Waals surface area (Å²) < 4.78 is 16.1. The molecule has 2 aromatic heterocycles. The highest BCUT2D eigenvalue weighted by Gasteiger charge is 2.51. The topological polar surface area (TPSA) is 139 Å². The number of hydrogen-bond acceptors (Lipinski definition) is 7. The largest absolute Gasteiger partial charge is 0.398 e. The first-order chi connectivity index (χ1) is 22.7. The second kappa shape index (κ2) is 12.2. The first-order valence-corrected chi connectivity index (χ1v) is 15.8. The van der Waals surface area contributed by atoms with E-state index in [4.69, 9.17) is 11.1 Å². The number of carbonyl (C=O) groups excluding carboxylic acids is 2. The van der Waals surface area contributed by atoms with E-state index in [2.05, 4.69) is 38.2 Å². The van der Waals surface area contributed by atoms with Crippen LogP contribution in [0.1, 0.15) is 36.0 Å². The quantitative estimate of drug-likeness (QED) is 0.234. The second-order valence-corrected chi connectivity index (χ2v) is 12.6. The number of aromatic nitrogens is 4. The molecule has 4 N–H and O–H groups in total. The third kappa shape index (κ3) is 5.80. The van der Waals surface area contributed by atoms with Crippen molar-refractivity contribution in [3.8, 4) is 11.4 Å². The summed E-state index contributed by atoms with van der Waals surface area (Å²) in [5, 5.41) is 10.7. The van der Waals surface area contributed by atoms with Crippen molar-refractivity contribution in [1.82, 2.24) is 29.5 Å². The molecule has 11 nitrogen and oxygen atoms in total. The Labute approximate surface area is 272 Å². The minimum Gasteiger partial charge on any atom is -0.398 e. The van der Waals surface area contributed by atoms with Gasteiger partial charge in [-0.25, -0.2) is 9.37 Å². The molecule has 0 unspecified atom stereocenters. The van der Waals surface area contributed by atoms with E-state index < -0.39 is 11.2 Å². The summed E-state index contributed by atoms with van der Waals surface area (Å²) in [6.45, 7) is 3.28. The monoisotopic (exact) mass is 634 g/mol. The highest BCUT2D eigenvalue weighted by atomic mass is 19.1. The fraction of sp³-hybridized carbons (Fsp3) is 0.314. The van der Waals surface area contributed by atoms with Crippen molar-refractivity contribution < 1.29 is 19.4 Å². The van der Waals surface area contributed by atoms with Crippen molar-refractivity contribution in [2.24, 2.45) is 12.5 Å². The molecule has 0 aliphatic carbocycles. The van der Waals surface area contributed by atoms with Crippen LogP contribution in [0.15, 0.2) is 73.3 Å². The molecule has 47 heavy (non-hydrogen) atoms. The number of nitrogens with zero attached hydrogens (tertiary/aromatic N) is 7. The van der Waals surface area contributed by atoms with Crippen LogP contribution >= 0.6 is 0 Å². The van der Waals surface area contributed by atoms with E-state index in [9.17, 15) is 14.0 Å². The molecule has 5 heterocycles. The van der Waals surface area contributed by atoms with Gasteiger partial charge in [0.1, 0.15) is 6.33 Å². The van der Waals surface area contributed by atoms with Crippen LogP contribution in [-0.4, -0.2) is 86.3 Å². The van der Waals surface area contributed by atoms with Gasteiger partial charge in [0.05, 0.1) is 29.3 Å². The maximum absolute atomic E-state index is 14.4. The average Bonchev–Trinajstić information content (AvgIpc) is 3.80. The third-order valence-electron chi connectivity index (χ3n) is 9.68. The van der Waals surface area contributed by atoms with E-state index in [1.54, 1.807) is 34.1 Å². The zero-order chi connectivity index (χ0) is 32.7. The SMILES string of the molecule is Cn1cnc(-c2ccc(C3=CCN(C(=O)CN4CC[C@]5(CCN(c6ccc(N)c(C(=[NH2+])c7ccncc7F)c6)C5=O)C4)CC3)cc2)n1. The molecule has 2 fully saturated rings. The molecule has 0 bridgehead atoms. The number of carbonyl (C=O) groups is 2. The molecule has 2 saturated heterocycles. The van der Waals surface area contributed by atoms with E-state index in [0.717, 1.165) is 23.7 Å². The van der Waals surface area contributed by atoms with Crippen LogP contribution in [0, 0.1) is 11.2 Å². The number of rotatable bonds is 7. The lowest BCUT2D eigenvalue weighted by atomic mass is 9.85. The Kier molecular flexibility index (Phi) is 7.88. The van der Waals surface area contributed by atoms with E-state index >= 15 is 0 Å². The van der Waals surface area contributed by atoms with Gasteiger partial charge in [0.25, 0.3) is 0 Å². The molecule has 2 aromatic carbocycles. The number of amides is 2. The molecule has 1 atom stereocenters. The maximum atomic E-state index is 14.4. The first-order valence-electron chi connectivity index (χ1n) is 15.8. The molecule has 3 aliphatic heterocycles. The summed E-state index contributed by atoms with van der Waals surface area (Å²) in [7, 11) is 1.85. The molecule has 240 valence electrons. The van der Waals surface area contributed by atoms with Crippen molar-refractivity contribution >= 4 is 34.5 Å². The van der Waals surface area contributed by atoms with E-state index in [1.807, 2.05) is 24.1 Å². The van der Waals surface area contributed by atoms with Crippen molar-refractivity contribution in [3.63, 3.8) is 0 Å². The van der Waals surface area contributed by atoms with Crippen LogP contribution in [0.2, 0.25) is 0 Å². The van der Waals surface area contributed by atoms with Crippen LogP contribution in [0.4, 0.5) is 15.8 Å². The average molecular weight is 635 g/mol. The van der Waals surface area contributed by atoms with Gasteiger partial charge in [-0.3, -0.25) is 29.6 Å². The van der Waals surface area contributed by atoms with Gasteiger partial charge in [-0.05, 0) is 61.2 Å². The van der Waals surface area contributed by atoms with Crippen LogP contribution < -0.4 is 16.0 Å². The highest BCUT2D eigenvalue weighted by Crippen LogP contribution is 2.43. The molecular weight excluding hydrogens is 597 g/mol. The Morgan fingerprint density at radius 2 is 1.83 bits per heavy atom. The summed E-state index contributed by atoms with van der Waals surface area (Å²) in [6.07, 6.45) is 8.56. The Morgan fingerprint density at radius 3 is 2.55 bits per heavy atom. The van der Waals surface area contributed by atoms with E-state index in [0.29, 0.717) is 74.9 Å². The molecule has 7 rings (SSSR count). The van der Waals surface area contributed by atoms with Gasteiger partial charge in [0.15, 0.2) is 11.6 Å². The molecule has 3 aliphatic rings. The lowest BCUT2D eigenvalue weighted by molar-refractivity contribution is -0.132. The summed E-state index contributed by atoms with van der Waals surface area (Å²) in [4.78, 5) is 41.1. The minimum atomic E-state index is -0.544. The number of anilines is 2. The van der Waals surface area contributed by atoms with Crippen molar-refractivity contribution in [2.45, 2.75) is 19.3 Å². The van der Waals surface area contributed by atoms with Gasteiger partial charge in [-0.2, -0.15) is 5.10 Å². The first kappa shape index (κ1) is 30.4. The van der Waals surface area contributed by atoms with Crippen molar-refractivity contribution in [3.05, 3.63) is 95.8 Å². The predicted octanol–water partition coefficient (Wildman–Crippen LogP) is 1.94. The molecule has 0 saturated carbocycles. The number of likely N-dealkylation sites (tertiary alicyclic amines) is 1. The number of benzene rings is 2. The fourth-order valence-electron chi connectivity index (χ4n) is 6.98. The van der Waals surface area contributed by atoms with Crippen molar-refractivity contribution in [2.75, 3.05) is 49.9 Å². The highest BCUT2D eigenvalue weighted by molar-refractivity contribution is 6.13. The Balaban J connectivity index is 0.963. The summed E-state index contributed by atoms with van der Waals surface area (Å²) in [5.41, 5.74) is 10.9. The molecule has 1 spiro atoms. The number of aryl methyl sites for hydroxylation is 1. The van der Waals surface area contributed by atoms with Crippen LogP contribution in [-0.2, 0) is 16.6 Å². The smallest absolute Gasteiger partial charge is 0.237 e. The Hall–Kier alpha value is -5.23. The molecule has 4 aromatic rings. The lowest BCUT2D eigenvalue weighted by Crippen LogP contribution is -2.43. The van der Waals surface area contributed by atoms with Gasteiger partial charge in [0.2, 0.25) is 17.5 Å². The number of halogens is 1. The van der Waals surface area contributed by atoms with Gasteiger partial charge in [0, 0.05) is 56.4 Å². The van der Waals surface area contributed by atoms with E-state index in [1.165, 1.54) is 17.8 Å². The van der Waals surface area contributed by atoms with E-state index in [-0.39, 0.29) is 23.1 Å². The van der Waals surface area contributed by atoms with Crippen LogP contribution in [0.3, 0.4) is 0 Å². The molecule has 2 amide bonds. The van der Waals surface area contributed by atoms with Crippen molar-refractivity contribution in [1.29, 1.82) is 0 Å². The molecule has 0 radical (unpaired) electrons.